The molecule has 1 heterocycles. The fraction of sp³-hybridized carbons (Fsp3) is 0.462. The number of aromatic nitrogens is 1. The van der Waals surface area contributed by atoms with Gasteiger partial charge in [-0.2, -0.15) is 0 Å². The first kappa shape index (κ1) is 10.6. The maximum atomic E-state index is 5.87. The van der Waals surface area contributed by atoms with Gasteiger partial charge in [0.1, 0.15) is 11.3 Å². The van der Waals surface area contributed by atoms with Gasteiger partial charge in [-0.15, -0.1) is 0 Å². The lowest BCUT2D eigenvalue weighted by Gasteiger charge is -2.34. The fourth-order valence-corrected chi connectivity index (χ4v) is 2.25. The van der Waals surface area contributed by atoms with Gasteiger partial charge in [-0.05, 0) is 30.9 Å². The van der Waals surface area contributed by atoms with Gasteiger partial charge in [0.25, 0.3) is 0 Å². The van der Waals surface area contributed by atoms with E-state index in [-0.39, 0.29) is 0 Å². The topological polar surface area (TPSA) is 44.5 Å². The lowest BCUT2D eigenvalue weighted by atomic mass is 9.83. The second kappa shape index (κ2) is 4.37. The predicted molar refractivity (Wildman–Crippen MR) is 63.0 cm³/mol. The van der Waals surface area contributed by atoms with Crippen LogP contribution < -0.4 is 4.74 Å². The number of oxazole rings is 1. The second-order valence-corrected chi connectivity index (χ2v) is 4.51. The molecule has 1 fully saturated rings. The largest absolute Gasteiger partial charge is 0.490 e. The maximum Gasteiger partial charge on any atom is 0.181 e. The van der Waals surface area contributed by atoms with Crippen LogP contribution in [0.1, 0.15) is 12.8 Å². The number of hydrogen-bond acceptors (Lipinski definition) is 4. The lowest BCUT2D eigenvalue weighted by molar-refractivity contribution is 0.0182. The average Bonchev–Trinajstić information content (AvgIpc) is 2.73. The van der Waals surface area contributed by atoms with Gasteiger partial charge in [0, 0.05) is 19.8 Å². The molecule has 4 heteroatoms. The first-order valence-electron chi connectivity index (χ1n) is 5.84. The summed E-state index contributed by atoms with van der Waals surface area (Å²) >= 11 is 0. The molecule has 0 amide bonds. The van der Waals surface area contributed by atoms with Crippen molar-refractivity contribution in [2.45, 2.75) is 18.9 Å². The molecule has 1 aromatic carbocycles. The van der Waals surface area contributed by atoms with Crippen LogP contribution in [0.4, 0.5) is 0 Å². The average molecular weight is 233 g/mol. The van der Waals surface area contributed by atoms with E-state index >= 15 is 0 Å². The first-order chi connectivity index (χ1) is 8.35. The third-order valence-electron chi connectivity index (χ3n) is 3.20. The van der Waals surface area contributed by atoms with Crippen LogP contribution in [0.3, 0.4) is 0 Å². The molecule has 1 aliphatic rings. The molecule has 90 valence electrons. The summed E-state index contributed by atoms with van der Waals surface area (Å²) in [7, 11) is 1.74. The molecule has 4 nitrogen and oxygen atoms in total. The number of methoxy groups -OCH3 is 1. The smallest absolute Gasteiger partial charge is 0.181 e. The Morgan fingerprint density at radius 2 is 2.29 bits per heavy atom. The van der Waals surface area contributed by atoms with E-state index in [0.717, 1.165) is 36.3 Å². The zero-order chi connectivity index (χ0) is 11.7. The Balaban J connectivity index is 1.62. The Morgan fingerprint density at radius 1 is 1.41 bits per heavy atom. The van der Waals surface area contributed by atoms with Crippen molar-refractivity contribution >= 4 is 11.1 Å². The van der Waals surface area contributed by atoms with Gasteiger partial charge in [0.05, 0.1) is 6.10 Å². The summed E-state index contributed by atoms with van der Waals surface area (Å²) in [5, 5.41) is 0. The summed E-state index contributed by atoms with van der Waals surface area (Å²) in [6.07, 6.45) is 3.92. The quantitative estimate of drug-likeness (QED) is 0.814. The summed E-state index contributed by atoms with van der Waals surface area (Å²) in [6, 6.07) is 5.74. The summed E-state index contributed by atoms with van der Waals surface area (Å²) in [4.78, 5) is 4.11. The van der Waals surface area contributed by atoms with Gasteiger partial charge in [-0.25, -0.2) is 4.98 Å². The maximum absolute atomic E-state index is 5.87. The van der Waals surface area contributed by atoms with Crippen molar-refractivity contribution < 1.29 is 13.9 Å². The molecule has 1 aromatic heterocycles. The second-order valence-electron chi connectivity index (χ2n) is 4.51. The minimum Gasteiger partial charge on any atom is -0.490 e. The number of ether oxygens (including phenoxy) is 2. The van der Waals surface area contributed by atoms with E-state index in [2.05, 4.69) is 4.98 Å². The molecular formula is C13H15NO3. The van der Waals surface area contributed by atoms with Gasteiger partial charge >= 0.3 is 0 Å². The molecular weight excluding hydrogens is 218 g/mol. The molecule has 1 aliphatic carbocycles. The van der Waals surface area contributed by atoms with Crippen molar-refractivity contribution in [2.75, 3.05) is 13.7 Å². The molecule has 0 saturated heterocycles. The van der Waals surface area contributed by atoms with Gasteiger partial charge in [0.2, 0.25) is 0 Å². The van der Waals surface area contributed by atoms with E-state index in [1.54, 1.807) is 7.11 Å². The Labute approximate surface area is 99.5 Å². The molecule has 0 radical (unpaired) electrons. The van der Waals surface area contributed by atoms with Crippen LogP contribution in [0, 0.1) is 5.92 Å². The summed E-state index contributed by atoms with van der Waals surface area (Å²) in [6.45, 7) is 0.835. The van der Waals surface area contributed by atoms with Gasteiger partial charge < -0.3 is 13.9 Å². The van der Waals surface area contributed by atoms with Crippen LogP contribution in [0.5, 0.6) is 5.75 Å². The standard InChI is InChI=1S/C13H15NO3/c1-15-7-9-4-11(5-9)17-10-2-3-13-12(6-10)14-8-16-13/h2-3,6,8-9,11H,4-5,7H2,1H3/t9-,11+. The minimum absolute atomic E-state index is 0.319. The number of hydrogen-bond donors (Lipinski definition) is 0. The van der Waals surface area contributed by atoms with Crippen molar-refractivity contribution in [3.63, 3.8) is 0 Å². The van der Waals surface area contributed by atoms with Crippen LogP contribution >= 0.6 is 0 Å². The van der Waals surface area contributed by atoms with Gasteiger partial charge in [-0.3, -0.25) is 0 Å². The highest BCUT2D eigenvalue weighted by molar-refractivity contribution is 5.73. The number of fused-ring (bicyclic) bond motifs is 1. The fourth-order valence-electron chi connectivity index (χ4n) is 2.25. The molecule has 0 unspecified atom stereocenters. The van der Waals surface area contributed by atoms with Crippen LogP contribution in [0.2, 0.25) is 0 Å². The van der Waals surface area contributed by atoms with Crippen LogP contribution in [0.25, 0.3) is 11.1 Å². The first-order valence-corrected chi connectivity index (χ1v) is 5.84. The normalized spacial score (nSPS) is 23.6. The van der Waals surface area contributed by atoms with E-state index in [1.165, 1.54) is 6.39 Å². The molecule has 3 rings (SSSR count). The van der Waals surface area contributed by atoms with Gasteiger partial charge in [-0.1, -0.05) is 0 Å². The molecule has 2 aromatic rings. The van der Waals surface area contributed by atoms with Crippen molar-refractivity contribution in [3.05, 3.63) is 24.6 Å². The third-order valence-corrected chi connectivity index (χ3v) is 3.20. The predicted octanol–water partition coefficient (Wildman–Crippen LogP) is 2.63. The third kappa shape index (κ3) is 2.13. The molecule has 0 atom stereocenters. The number of benzene rings is 1. The van der Waals surface area contributed by atoms with E-state index in [1.807, 2.05) is 18.2 Å². The molecule has 0 bridgehead atoms. The van der Waals surface area contributed by atoms with Crippen LogP contribution in [-0.2, 0) is 4.74 Å². The molecule has 17 heavy (non-hydrogen) atoms. The zero-order valence-corrected chi connectivity index (χ0v) is 9.76. The number of rotatable bonds is 4. The molecule has 0 spiro atoms. The Bertz CT molecular complexity index is 502. The number of nitrogens with zero attached hydrogens (tertiary/aromatic N) is 1. The Morgan fingerprint density at radius 3 is 3.12 bits per heavy atom. The van der Waals surface area contributed by atoms with E-state index in [4.69, 9.17) is 13.9 Å². The highest BCUT2D eigenvalue weighted by atomic mass is 16.5. The van der Waals surface area contributed by atoms with Crippen LogP contribution in [-0.4, -0.2) is 24.8 Å². The minimum atomic E-state index is 0.319. The highest BCUT2D eigenvalue weighted by Crippen LogP contribution is 2.32. The molecule has 0 aliphatic heterocycles. The van der Waals surface area contributed by atoms with Gasteiger partial charge in [0.15, 0.2) is 12.0 Å². The Kier molecular flexibility index (Phi) is 2.73. The van der Waals surface area contributed by atoms with Crippen LogP contribution in [0.15, 0.2) is 29.0 Å². The highest BCUT2D eigenvalue weighted by Gasteiger charge is 2.30. The summed E-state index contributed by atoms with van der Waals surface area (Å²) in [5.74, 6) is 1.52. The Hall–Kier alpha value is -1.55. The van der Waals surface area contributed by atoms with E-state index in [9.17, 15) is 0 Å². The van der Waals surface area contributed by atoms with Crippen molar-refractivity contribution in [1.82, 2.24) is 4.98 Å². The SMILES string of the molecule is COC[C@H]1C[C@@H](Oc2ccc3ocnc3c2)C1. The van der Waals surface area contributed by atoms with Crippen molar-refractivity contribution in [2.24, 2.45) is 5.92 Å². The van der Waals surface area contributed by atoms with Crippen molar-refractivity contribution in [3.8, 4) is 5.75 Å². The zero-order valence-electron chi connectivity index (χ0n) is 9.76. The summed E-state index contributed by atoms with van der Waals surface area (Å²) < 4.78 is 16.2. The van der Waals surface area contributed by atoms with E-state index in [0.29, 0.717) is 12.0 Å². The monoisotopic (exact) mass is 233 g/mol. The lowest BCUT2D eigenvalue weighted by Crippen LogP contribution is -2.36. The van der Waals surface area contributed by atoms with E-state index < -0.39 is 0 Å². The molecule has 0 N–H and O–H groups in total. The molecule has 1 saturated carbocycles. The van der Waals surface area contributed by atoms with Crippen molar-refractivity contribution in [1.29, 1.82) is 0 Å². The summed E-state index contributed by atoms with van der Waals surface area (Å²) in [5.41, 5.74) is 1.64.